The highest BCUT2D eigenvalue weighted by Gasteiger charge is 2.27. The van der Waals surface area contributed by atoms with Crippen LogP contribution >= 0.6 is 0 Å². The Kier molecular flexibility index (Phi) is 10.5. The first-order valence-electron chi connectivity index (χ1n) is 10.6. The van der Waals surface area contributed by atoms with Crippen LogP contribution in [0.15, 0.2) is 0 Å². The zero-order valence-electron chi connectivity index (χ0n) is 16.4. The largest absolute Gasteiger partial charge is 0.0654 e. The molecule has 132 valence electrons. The number of hydrogen-bond donors (Lipinski definition) is 0. The van der Waals surface area contributed by atoms with E-state index in [0.717, 1.165) is 29.6 Å². The van der Waals surface area contributed by atoms with Crippen molar-refractivity contribution in [3.8, 4) is 0 Å². The van der Waals surface area contributed by atoms with Crippen LogP contribution in [0.25, 0.3) is 0 Å². The molecule has 0 aliphatic heterocycles. The van der Waals surface area contributed by atoms with Crippen molar-refractivity contribution in [2.45, 2.75) is 112 Å². The molecule has 0 aromatic rings. The third-order valence-corrected chi connectivity index (χ3v) is 6.76. The predicted molar refractivity (Wildman–Crippen MR) is 101 cm³/mol. The van der Waals surface area contributed by atoms with Gasteiger partial charge in [-0.25, -0.2) is 0 Å². The summed E-state index contributed by atoms with van der Waals surface area (Å²) in [7, 11) is 0. The average Bonchev–Trinajstić information content (AvgIpc) is 2.48. The Morgan fingerprint density at radius 2 is 1.59 bits per heavy atom. The highest BCUT2D eigenvalue weighted by Crippen LogP contribution is 2.38. The second-order valence-corrected chi connectivity index (χ2v) is 8.41. The predicted octanol–water partition coefficient (Wildman–Crippen LogP) is 7.86. The third kappa shape index (κ3) is 7.05. The van der Waals surface area contributed by atoms with E-state index in [-0.39, 0.29) is 0 Å². The Bertz CT molecular complexity index is 253. The molecule has 0 aromatic carbocycles. The Balaban J connectivity index is 2.49. The second-order valence-electron chi connectivity index (χ2n) is 8.41. The summed E-state index contributed by atoms with van der Waals surface area (Å²) in [5, 5.41) is 0. The van der Waals surface area contributed by atoms with Crippen molar-refractivity contribution in [2.24, 2.45) is 29.6 Å². The second kappa shape index (κ2) is 11.5. The van der Waals surface area contributed by atoms with Crippen LogP contribution in [0, 0.1) is 29.6 Å². The quantitative estimate of drug-likeness (QED) is 0.304. The van der Waals surface area contributed by atoms with Gasteiger partial charge in [-0.2, -0.15) is 0 Å². The van der Waals surface area contributed by atoms with E-state index in [2.05, 4.69) is 34.6 Å². The van der Waals surface area contributed by atoms with E-state index in [1.807, 2.05) is 0 Å². The van der Waals surface area contributed by atoms with Gasteiger partial charge in [0, 0.05) is 0 Å². The fourth-order valence-corrected chi connectivity index (χ4v) is 4.39. The van der Waals surface area contributed by atoms with Gasteiger partial charge in [-0.05, 0) is 42.4 Å². The van der Waals surface area contributed by atoms with Gasteiger partial charge in [0.15, 0.2) is 0 Å². The minimum Gasteiger partial charge on any atom is -0.0654 e. The molecule has 1 saturated carbocycles. The minimum absolute atomic E-state index is 0.915. The molecule has 1 aliphatic rings. The first kappa shape index (κ1) is 20.0. The zero-order chi connectivity index (χ0) is 16.4. The average molecular weight is 309 g/mol. The van der Waals surface area contributed by atoms with Gasteiger partial charge in [-0.1, -0.05) is 98.8 Å². The van der Waals surface area contributed by atoms with Crippen molar-refractivity contribution in [3.05, 3.63) is 0 Å². The summed E-state index contributed by atoms with van der Waals surface area (Å²) in [4.78, 5) is 0. The van der Waals surface area contributed by atoms with Crippen LogP contribution in [0.4, 0.5) is 0 Å². The molecule has 1 fully saturated rings. The van der Waals surface area contributed by atoms with Crippen molar-refractivity contribution in [2.75, 3.05) is 0 Å². The van der Waals surface area contributed by atoms with Crippen LogP contribution in [-0.4, -0.2) is 0 Å². The summed E-state index contributed by atoms with van der Waals surface area (Å²) >= 11 is 0. The molecule has 0 bridgehead atoms. The van der Waals surface area contributed by atoms with Gasteiger partial charge in [0.05, 0.1) is 0 Å². The van der Waals surface area contributed by atoms with Crippen molar-refractivity contribution in [3.63, 3.8) is 0 Å². The molecule has 4 unspecified atom stereocenters. The Labute approximate surface area is 141 Å². The van der Waals surface area contributed by atoms with Crippen molar-refractivity contribution >= 4 is 0 Å². The van der Waals surface area contributed by atoms with Crippen LogP contribution in [-0.2, 0) is 0 Å². The van der Waals surface area contributed by atoms with E-state index >= 15 is 0 Å². The molecule has 0 aromatic heterocycles. The Morgan fingerprint density at radius 3 is 2.09 bits per heavy atom. The smallest absolute Gasteiger partial charge is 0.0383 e. The Morgan fingerprint density at radius 1 is 0.864 bits per heavy atom. The number of unbranched alkanes of at least 4 members (excludes halogenated alkanes) is 2. The maximum absolute atomic E-state index is 2.59. The molecule has 0 saturated heterocycles. The zero-order valence-corrected chi connectivity index (χ0v) is 16.4. The molecular formula is C22H44. The van der Waals surface area contributed by atoms with Crippen LogP contribution in [0.3, 0.4) is 0 Å². The highest BCUT2D eigenvalue weighted by atomic mass is 14.3. The van der Waals surface area contributed by atoms with Gasteiger partial charge >= 0.3 is 0 Å². The number of hydrogen-bond acceptors (Lipinski definition) is 0. The van der Waals surface area contributed by atoms with Gasteiger partial charge in [0.1, 0.15) is 0 Å². The van der Waals surface area contributed by atoms with E-state index < -0.39 is 0 Å². The first-order valence-corrected chi connectivity index (χ1v) is 10.6. The van der Waals surface area contributed by atoms with E-state index in [1.165, 1.54) is 77.0 Å². The molecular weight excluding hydrogens is 264 g/mol. The van der Waals surface area contributed by atoms with Crippen LogP contribution in [0.5, 0.6) is 0 Å². The topological polar surface area (TPSA) is 0 Å². The molecule has 0 nitrogen and oxygen atoms in total. The monoisotopic (exact) mass is 308 g/mol. The summed E-state index contributed by atoms with van der Waals surface area (Å²) in [5.74, 6) is 4.91. The Hall–Kier alpha value is 0. The SMILES string of the molecule is CCCCCC(CC(C)CC)C(C)C(CC)CCC1CCC1. The van der Waals surface area contributed by atoms with Crippen LogP contribution in [0.2, 0.25) is 0 Å². The molecule has 1 aliphatic carbocycles. The van der Waals surface area contributed by atoms with Crippen molar-refractivity contribution < 1.29 is 0 Å². The van der Waals surface area contributed by atoms with Gasteiger partial charge < -0.3 is 0 Å². The molecule has 0 radical (unpaired) electrons. The molecule has 0 N–H and O–H groups in total. The first-order chi connectivity index (χ1) is 10.6. The molecule has 1 rings (SSSR count). The molecule has 0 heteroatoms. The fourth-order valence-electron chi connectivity index (χ4n) is 4.39. The lowest BCUT2D eigenvalue weighted by atomic mass is 9.71. The summed E-state index contributed by atoms with van der Waals surface area (Å²) in [5.41, 5.74) is 0. The maximum atomic E-state index is 2.59. The van der Waals surface area contributed by atoms with Gasteiger partial charge in [0.25, 0.3) is 0 Å². The number of rotatable bonds is 13. The molecule has 0 amide bonds. The summed E-state index contributed by atoms with van der Waals surface area (Å²) in [6.07, 6.45) is 17.6. The van der Waals surface area contributed by atoms with E-state index in [9.17, 15) is 0 Å². The molecule has 4 atom stereocenters. The van der Waals surface area contributed by atoms with Crippen molar-refractivity contribution in [1.82, 2.24) is 0 Å². The molecule has 22 heavy (non-hydrogen) atoms. The normalized spacial score (nSPS) is 21.1. The minimum atomic E-state index is 0.915. The highest BCUT2D eigenvalue weighted by molar-refractivity contribution is 4.78. The lowest BCUT2D eigenvalue weighted by Crippen LogP contribution is -2.24. The van der Waals surface area contributed by atoms with Gasteiger partial charge in [-0.15, -0.1) is 0 Å². The van der Waals surface area contributed by atoms with Gasteiger partial charge in [0.2, 0.25) is 0 Å². The van der Waals surface area contributed by atoms with Gasteiger partial charge in [-0.3, -0.25) is 0 Å². The van der Waals surface area contributed by atoms with E-state index in [4.69, 9.17) is 0 Å². The fraction of sp³-hybridized carbons (Fsp3) is 1.00. The van der Waals surface area contributed by atoms with E-state index in [0.29, 0.717) is 0 Å². The summed E-state index contributed by atoms with van der Waals surface area (Å²) in [6.45, 7) is 12.2. The van der Waals surface area contributed by atoms with Crippen molar-refractivity contribution in [1.29, 1.82) is 0 Å². The summed E-state index contributed by atoms with van der Waals surface area (Å²) < 4.78 is 0. The van der Waals surface area contributed by atoms with Crippen LogP contribution in [0.1, 0.15) is 112 Å². The molecule has 0 spiro atoms. The molecule has 0 heterocycles. The van der Waals surface area contributed by atoms with E-state index in [1.54, 1.807) is 0 Å². The lowest BCUT2D eigenvalue weighted by Gasteiger charge is -2.34. The lowest BCUT2D eigenvalue weighted by molar-refractivity contribution is 0.165. The third-order valence-electron chi connectivity index (χ3n) is 6.76. The maximum Gasteiger partial charge on any atom is -0.0383 e. The van der Waals surface area contributed by atoms with Crippen LogP contribution < -0.4 is 0 Å². The summed E-state index contributed by atoms with van der Waals surface area (Å²) in [6, 6.07) is 0. The standard InChI is InChI=1S/C22H44/c1-6-9-10-14-22(17-18(4)7-2)19(5)21(8-3)16-15-20-12-11-13-20/h18-22H,6-17H2,1-5H3.